The maximum Gasteiger partial charge on any atom is 0.252 e. The predicted octanol–water partition coefficient (Wildman–Crippen LogP) is 3.07. The van der Waals surface area contributed by atoms with Gasteiger partial charge in [0, 0.05) is 26.5 Å². The Balaban J connectivity index is 2.02. The summed E-state index contributed by atoms with van der Waals surface area (Å²) in [6.07, 6.45) is 3.61. The highest BCUT2D eigenvalue weighted by atomic mass is 127. The van der Waals surface area contributed by atoms with E-state index in [1.165, 1.54) is 0 Å². The molecule has 0 aliphatic rings. The Hall–Kier alpha value is -0.890. The molecule has 0 unspecified atom stereocenters. The lowest BCUT2D eigenvalue weighted by Crippen LogP contribution is -2.36. The molecular formula is C13H13BrIN3O. The first-order valence-electron chi connectivity index (χ1n) is 5.79. The standard InChI is InChI=1S/C13H13BrIN3O/c1-9(8-18-6-2-5-16-18)17-13(19)11-7-10(14)3-4-12(11)15/h2-7,9H,8H2,1H3,(H,17,19)/t9-/m1/s1. The Morgan fingerprint density at radius 1 is 1.58 bits per heavy atom. The number of halogens is 2. The summed E-state index contributed by atoms with van der Waals surface area (Å²) in [5.41, 5.74) is 0.683. The van der Waals surface area contributed by atoms with Gasteiger partial charge in [0.1, 0.15) is 0 Å². The van der Waals surface area contributed by atoms with Gasteiger partial charge in [-0.05, 0) is 53.8 Å². The van der Waals surface area contributed by atoms with Gasteiger partial charge in [-0.15, -0.1) is 0 Å². The zero-order valence-corrected chi connectivity index (χ0v) is 14.1. The summed E-state index contributed by atoms with van der Waals surface area (Å²) >= 11 is 5.54. The van der Waals surface area contributed by atoms with Crippen LogP contribution >= 0.6 is 38.5 Å². The Bertz CT molecular complexity index is 571. The Morgan fingerprint density at radius 2 is 2.37 bits per heavy atom. The van der Waals surface area contributed by atoms with Crippen LogP contribution in [0.4, 0.5) is 0 Å². The molecule has 1 atom stereocenters. The number of nitrogens with one attached hydrogen (secondary N) is 1. The van der Waals surface area contributed by atoms with E-state index in [2.05, 4.69) is 48.9 Å². The molecule has 2 rings (SSSR count). The molecule has 4 nitrogen and oxygen atoms in total. The van der Waals surface area contributed by atoms with Gasteiger partial charge in [0.15, 0.2) is 0 Å². The zero-order chi connectivity index (χ0) is 13.8. The van der Waals surface area contributed by atoms with E-state index in [-0.39, 0.29) is 11.9 Å². The van der Waals surface area contributed by atoms with Crippen LogP contribution in [0.15, 0.2) is 41.1 Å². The summed E-state index contributed by atoms with van der Waals surface area (Å²) < 4.78 is 3.64. The number of hydrogen-bond acceptors (Lipinski definition) is 2. The molecule has 1 aromatic carbocycles. The monoisotopic (exact) mass is 433 g/mol. The van der Waals surface area contributed by atoms with Gasteiger partial charge in [0.05, 0.1) is 12.1 Å². The van der Waals surface area contributed by atoms with Gasteiger partial charge in [-0.25, -0.2) is 0 Å². The summed E-state index contributed by atoms with van der Waals surface area (Å²) in [5, 5.41) is 7.10. The summed E-state index contributed by atoms with van der Waals surface area (Å²) in [6.45, 7) is 2.62. The van der Waals surface area contributed by atoms with Crippen molar-refractivity contribution in [2.24, 2.45) is 0 Å². The number of nitrogens with zero attached hydrogens (tertiary/aromatic N) is 2. The smallest absolute Gasteiger partial charge is 0.252 e. The largest absolute Gasteiger partial charge is 0.348 e. The van der Waals surface area contributed by atoms with Crippen LogP contribution < -0.4 is 5.32 Å². The Kier molecular flexibility index (Phi) is 4.98. The lowest BCUT2D eigenvalue weighted by atomic mass is 10.2. The minimum atomic E-state index is -0.0645. The molecule has 1 amide bonds. The lowest BCUT2D eigenvalue weighted by molar-refractivity contribution is 0.0935. The SMILES string of the molecule is C[C@H](Cn1cccn1)NC(=O)c1cc(Br)ccc1I. The summed E-state index contributed by atoms with van der Waals surface area (Å²) in [6, 6.07) is 7.55. The van der Waals surface area contributed by atoms with Gasteiger partial charge in [0.2, 0.25) is 0 Å². The van der Waals surface area contributed by atoms with Crippen molar-refractivity contribution in [3.8, 4) is 0 Å². The molecule has 0 aliphatic carbocycles. The van der Waals surface area contributed by atoms with E-state index in [1.54, 1.807) is 10.9 Å². The molecule has 2 aromatic rings. The normalized spacial score (nSPS) is 12.2. The van der Waals surface area contributed by atoms with Crippen molar-refractivity contribution in [3.05, 3.63) is 50.3 Å². The molecule has 0 saturated carbocycles. The average molecular weight is 434 g/mol. The first kappa shape index (κ1) is 14.5. The van der Waals surface area contributed by atoms with E-state index in [0.717, 1.165) is 8.04 Å². The predicted molar refractivity (Wildman–Crippen MR) is 86.0 cm³/mol. The topological polar surface area (TPSA) is 46.9 Å². The second-order valence-corrected chi connectivity index (χ2v) is 6.30. The molecule has 6 heteroatoms. The molecule has 0 bridgehead atoms. The van der Waals surface area contributed by atoms with Crippen LogP contribution in [-0.2, 0) is 6.54 Å². The molecule has 19 heavy (non-hydrogen) atoms. The second-order valence-electron chi connectivity index (χ2n) is 4.23. The Morgan fingerprint density at radius 3 is 3.05 bits per heavy atom. The highest BCUT2D eigenvalue weighted by molar-refractivity contribution is 14.1. The first-order chi connectivity index (χ1) is 9.06. The fourth-order valence-electron chi connectivity index (χ4n) is 1.71. The summed E-state index contributed by atoms with van der Waals surface area (Å²) in [7, 11) is 0. The molecule has 100 valence electrons. The number of carbonyl (C=O) groups is 1. The van der Waals surface area contributed by atoms with E-state index in [1.807, 2.05) is 37.4 Å². The van der Waals surface area contributed by atoms with Crippen molar-refractivity contribution < 1.29 is 4.79 Å². The third kappa shape index (κ3) is 4.04. The number of rotatable bonds is 4. The van der Waals surface area contributed by atoms with Gasteiger partial charge in [-0.1, -0.05) is 15.9 Å². The third-order valence-electron chi connectivity index (χ3n) is 2.57. The number of benzene rings is 1. The highest BCUT2D eigenvalue weighted by Gasteiger charge is 2.13. The van der Waals surface area contributed by atoms with Crippen molar-refractivity contribution in [3.63, 3.8) is 0 Å². The minimum absolute atomic E-state index is 0.0159. The van der Waals surface area contributed by atoms with Crippen molar-refractivity contribution >= 4 is 44.4 Å². The molecule has 0 spiro atoms. The maximum atomic E-state index is 12.2. The molecule has 1 heterocycles. The fraction of sp³-hybridized carbons (Fsp3) is 0.231. The molecule has 0 aliphatic heterocycles. The van der Waals surface area contributed by atoms with Crippen molar-refractivity contribution in [2.45, 2.75) is 19.5 Å². The first-order valence-corrected chi connectivity index (χ1v) is 7.67. The van der Waals surface area contributed by atoms with Gasteiger partial charge in [0.25, 0.3) is 5.91 Å². The molecule has 0 saturated heterocycles. The van der Waals surface area contributed by atoms with Crippen LogP contribution in [0.2, 0.25) is 0 Å². The minimum Gasteiger partial charge on any atom is -0.348 e. The number of amides is 1. The van der Waals surface area contributed by atoms with Crippen LogP contribution in [0.3, 0.4) is 0 Å². The van der Waals surface area contributed by atoms with E-state index in [9.17, 15) is 4.79 Å². The third-order valence-corrected chi connectivity index (χ3v) is 4.00. The molecule has 1 N–H and O–H groups in total. The van der Waals surface area contributed by atoms with Gasteiger partial charge in [-0.2, -0.15) is 5.10 Å². The Labute approximate surface area is 133 Å². The van der Waals surface area contributed by atoms with Gasteiger partial charge < -0.3 is 5.32 Å². The van der Waals surface area contributed by atoms with E-state index in [4.69, 9.17) is 0 Å². The molecule has 0 radical (unpaired) electrons. The quantitative estimate of drug-likeness (QED) is 0.753. The summed E-state index contributed by atoms with van der Waals surface area (Å²) in [5.74, 6) is -0.0645. The summed E-state index contributed by atoms with van der Waals surface area (Å²) in [4.78, 5) is 12.2. The number of hydrogen-bond donors (Lipinski definition) is 1. The number of carbonyl (C=O) groups excluding carboxylic acids is 1. The van der Waals surface area contributed by atoms with Crippen LogP contribution in [0.25, 0.3) is 0 Å². The molecular weight excluding hydrogens is 421 g/mol. The molecule has 0 fully saturated rings. The van der Waals surface area contributed by atoms with E-state index < -0.39 is 0 Å². The van der Waals surface area contributed by atoms with E-state index in [0.29, 0.717) is 12.1 Å². The molecule has 1 aromatic heterocycles. The van der Waals surface area contributed by atoms with E-state index >= 15 is 0 Å². The van der Waals surface area contributed by atoms with Crippen LogP contribution in [0, 0.1) is 3.57 Å². The second kappa shape index (κ2) is 6.51. The van der Waals surface area contributed by atoms with Crippen LogP contribution in [0.1, 0.15) is 17.3 Å². The highest BCUT2D eigenvalue weighted by Crippen LogP contribution is 2.18. The number of aromatic nitrogens is 2. The van der Waals surface area contributed by atoms with Crippen molar-refractivity contribution in [1.82, 2.24) is 15.1 Å². The maximum absolute atomic E-state index is 12.2. The zero-order valence-electron chi connectivity index (χ0n) is 10.3. The van der Waals surface area contributed by atoms with Crippen molar-refractivity contribution in [2.75, 3.05) is 0 Å². The fourth-order valence-corrected chi connectivity index (χ4v) is 2.65. The van der Waals surface area contributed by atoms with Crippen molar-refractivity contribution in [1.29, 1.82) is 0 Å². The lowest BCUT2D eigenvalue weighted by Gasteiger charge is -2.14. The average Bonchev–Trinajstić information content (AvgIpc) is 2.84. The van der Waals surface area contributed by atoms with Crippen LogP contribution in [0.5, 0.6) is 0 Å². The van der Waals surface area contributed by atoms with Gasteiger partial charge >= 0.3 is 0 Å². The van der Waals surface area contributed by atoms with Crippen LogP contribution in [-0.4, -0.2) is 21.7 Å². The van der Waals surface area contributed by atoms with Gasteiger partial charge in [-0.3, -0.25) is 9.48 Å².